The number of hydrogen-bond donors (Lipinski definition) is 3. The van der Waals surface area contributed by atoms with Gasteiger partial charge in [-0.05, 0) is 0 Å². The first-order valence-corrected chi connectivity index (χ1v) is 4.10. The van der Waals surface area contributed by atoms with Gasteiger partial charge in [0.25, 0.3) is 0 Å². The maximum atomic E-state index is 8.75. The van der Waals surface area contributed by atoms with Gasteiger partial charge in [-0.15, -0.1) is 0 Å². The van der Waals surface area contributed by atoms with E-state index in [0.717, 1.165) is 0 Å². The molecule has 3 N–H and O–H groups in total. The average molecular weight is 204 g/mol. The molecule has 0 aliphatic heterocycles. The summed E-state index contributed by atoms with van der Waals surface area (Å²) < 4.78 is 0. The van der Waals surface area contributed by atoms with Gasteiger partial charge in [-0.1, -0.05) is 11.6 Å². The van der Waals surface area contributed by atoms with Gasteiger partial charge in [0.15, 0.2) is 0 Å². The van der Waals surface area contributed by atoms with Crippen molar-refractivity contribution >= 4 is 17.4 Å². The Morgan fingerprint density at radius 3 is 2.62 bits per heavy atom. The molecule has 0 fully saturated rings. The largest absolute Gasteiger partial charge is 0.394 e. The van der Waals surface area contributed by atoms with Gasteiger partial charge in [-0.2, -0.15) is 0 Å². The maximum absolute atomic E-state index is 8.75. The molecule has 0 saturated heterocycles. The highest BCUT2D eigenvalue weighted by molar-refractivity contribution is 6.29. The van der Waals surface area contributed by atoms with E-state index in [2.05, 4.69) is 15.3 Å². The van der Waals surface area contributed by atoms with Gasteiger partial charge in [0, 0.05) is 0 Å². The molecule has 0 bridgehead atoms. The third kappa shape index (κ3) is 3.14. The number of aromatic nitrogens is 2. The van der Waals surface area contributed by atoms with Crippen LogP contribution in [0.4, 0.5) is 5.82 Å². The minimum Gasteiger partial charge on any atom is -0.394 e. The van der Waals surface area contributed by atoms with E-state index in [-0.39, 0.29) is 18.4 Å². The van der Waals surface area contributed by atoms with E-state index in [1.54, 1.807) is 0 Å². The third-order valence-electron chi connectivity index (χ3n) is 1.40. The summed E-state index contributed by atoms with van der Waals surface area (Å²) in [5.41, 5.74) is 0. The Bertz CT molecular complexity index is 268. The number of nitrogens with zero attached hydrogens (tertiary/aromatic N) is 2. The summed E-state index contributed by atoms with van der Waals surface area (Å²) in [6.07, 6.45) is 2.86. The van der Waals surface area contributed by atoms with Crippen molar-refractivity contribution in [3.05, 3.63) is 17.5 Å². The van der Waals surface area contributed by atoms with E-state index in [4.69, 9.17) is 21.8 Å². The number of halogens is 1. The molecule has 0 aliphatic rings. The van der Waals surface area contributed by atoms with Crippen molar-refractivity contribution in [2.24, 2.45) is 0 Å². The molecule has 72 valence electrons. The number of anilines is 1. The van der Waals surface area contributed by atoms with Crippen LogP contribution in [0.1, 0.15) is 0 Å². The minimum absolute atomic E-state index is 0.176. The van der Waals surface area contributed by atoms with Gasteiger partial charge in [0.1, 0.15) is 11.0 Å². The van der Waals surface area contributed by atoms with E-state index in [0.29, 0.717) is 5.82 Å². The molecule has 0 atom stereocenters. The first-order chi connectivity index (χ1) is 6.26. The fourth-order valence-electron chi connectivity index (χ4n) is 0.770. The van der Waals surface area contributed by atoms with Gasteiger partial charge in [-0.3, -0.25) is 4.98 Å². The summed E-state index contributed by atoms with van der Waals surface area (Å²) in [6.45, 7) is -0.352. The molecule has 1 rings (SSSR count). The van der Waals surface area contributed by atoms with Crippen molar-refractivity contribution in [3.63, 3.8) is 0 Å². The van der Waals surface area contributed by atoms with E-state index in [1.165, 1.54) is 12.4 Å². The topological polar surface area (TPSA) is 78.3 Å². The first-order valence-electron chi connectivity index (χ1n) is 3.72. The Morgan fingerprint density at radius 2 is 2.08 bits per heavy atom. The molecule has 1 aromatic heterocycles. The van der Waals surface area contributed by atoms with Crippen molar-refractivity contribution in [1.29, 1.82) is 0 Å². The highest BCUT2D eigenvalue weighted by atomic mass is 35.5. The van der Waals surface area contributed by atoms with Crippen molar-refractivity contribution < 1.29 is 10.2 Å². The lowest BCUT2D eigenvalue weighted by Crippen LogP contribution is -2.28. The Labute approximate surface area is 80.4 Å². The van der Waals surface area contributed by atoms with E-state index in [1.807, 2.05) is 0 Å². The van der Waals surface area contributed by atoms with Crippen LogP contribution in [0.25, 0.3) is 0 Å². The van der Waals surface area contributed by atoms with E-state index < -0.39 is 6.04 Å². The quantitative estimate of drug-likeness (QED) is 0.637. The highest BCUT2D eigenvalue weighted by Gasteiger charge is 2.05. The standard InChI is InChI=1S/C7H10ClN3O2/c8-6-1-9-2-7(11-6)10-5(3-12)4-13/h1-2,5,12-13H,3-4H2,(H,10,11). The van der Waals surface area contributed by atoms with Crippen molar-refractivity contribution in [1.82, 2.24) is 9.97 Å². The Morgan fingerprint density at radius 1 is 1.38 bits per heavy atom. The molecule has 0 aliphatic carbocycles. The van der Waals surface area contributed by atoms with Gasteiger partial charge in [0.2, 0.25) is 0 Å². The summed E-state index contributed by atoms with van der Waals surface area (Å²) in [6, 6.07) is -0.437. The predicted molar refractivity (Wildman–Crippen MR) is 48.6 cm³/mol. The van der Waals surface area contributed by atoms with Gasteiger partial charge >= 0.3 is 0 Å². The molecule has 6 heteroatoms. The van der Waals surface area contributed by atoms with Crippen LogP contribution < -0.4 is 5.32 Å². The summed E-state index contributed by atoms with van der Waals surface area (Å²) >= 11 is 5.58. The smallest absolute Gasteiger partial charge is 0.149 e. The van der Waals surface area contributed by atoms with Crippen LogP contribution in [0.2, 0.25) is 5.15 Å². The first kappa shape index (κ1) is 10.2. The molecule has 13 heavy (non-hydrogen) atoms. The number of aliphatic hydroxyl groups is 2. The Hall–Kier alpha value is -0.910. The van der Waals surface area contributed by atoms with Gasteiger partial charge < -0.3 is 15.5 Å². The van der Waals surface area contributed by atoms with Crippen LogP contribution in [0.15, 0.2) is 12.4 Å². The van der Waals surface area contributed by atoms with Gasteiger partial charge in [-0.25, -0.2) is 4.98 Å². The second-order valence-corrected chi connectivity index (χ2v) is 2.82. The lowest BCUT2D eigenvalue weighted by molar-refractivity contribution is 0.203. The molecule has 0 spiro atoms. The molecule has 0 saturated carbocycles. The number of hydrogen-bond acceptors (Lipinski definition) is 5. The van der Waals surface area contributed by atoms with Crippen LogP contribution in [0.3, 0.4) is 0 Å². The van der Waals surface area contributed by atoms with Crippen molar-refractivity contribution in [3.8, 4) is 0 Å². The monoisotopic (exact) mass is 203 g/mol. The zero-order valence-electron chi connectivity index (χ0n) is 6.81. The lowest BCUT2D eigenvalue weighted by atomic mass is 10.3. The number of nitrogens with one attached hydrogen (secondary N) is 1. The second-order valence-electron chi connectivity index (χ2n) is 2.43. The Balaban J connectivity index is 2.62. The molecular formula is C7H10ClN3O2. The van der Waals surface area contributed by atoms with Crippen LogP contribution in [-0.2, 0) is 0 Å². The summed E-state index contributed by atoms with van der Waals surface area (Å²) in [4.78, 5) is 7.66. The Kier molecular flexibility index (Phi) is 3.88. The fourth-order valence-corrected chi connectivity index (χ4v) is 0.917. The van der Waals surface area contributed by atoms with E-state index >= 15 is 0 Å². The second kappa shape index (κ2) is 4.96. The number of rotatable bonds is 4. The predicted octanol–water partition coefficient (Wildman–Crippen LogP) is -0.105. The number of aliphatic hydroxyl groups excluding tert-OH is 2. The molecule has 0 radical (unpaired) electrons. The lowest BCUT2D eigenvalue weighted by Gasteiger charge is -2.13. The summed E-state index contributed by atoms with van der Waals surface area (Å²) in [5.74, 6) is 0.431. The fraction of sp³-hybridized carbons (Fsp3) is 0.429. The van der Waals surface area contributed by atoms with E-state index in [9.17, 15) is 0 Å². The molecule has 1 aromatic rings. The van der Waals surface area contributed by atoms with Crippen LogP contribution >= 0.6 is 11.6 Å². The third-order valence-corrected chi connectivity index (χ3v) is 1.58. The average Bonchev–Trinajstić information content (AvgIpc) is 2.14. The maximum Gasteiger partial charge on any atom is 0.149 e. The zero-order valence-corrected chi connectivity index (χ0v) is 7.57. The van der Waals surface area contributed by atoms with Crippen LogP contribution in [0, 0.1) is 0 Å². The van der Waals surface area contributed by atoms with Crippen LogP contribution in [0.5, 0.6) is 0 Å². The van der Waals surface area contributed by atoms with Crippen molar-refractivity contribution in [2.45, 2.75) is 6.04 Å². The van der Waals surface area contributed by atoms with Crippen LogP contribution in [-0.4, -0.2) is 39.4 Å². The minimum atomic E-state index is -0.437. The molecule has 0 amide bonds. The molecule has 1 heterocycles. The van der Waals surface area contributed by atoms with Gasteiger partial charge in [0.05, 0.1) is 31.6 Å². The molecular weight excluding hydrogens is 194 g/mol. The molecule has 0 aromatic carbocycles. The SMILES string of the molecule is OCC(CO)Nc1cncc(Cl)n1. The molecule has 5 nitrogen and oxygen atoms in total. The highest BCUT2D eigenvalue weighted by Crippen LogP contribution is 2.07. The normalized spacial score (nSPS) is 10.5. The summed E-state index contributed by atoms with van der Waals surface area (Å²) in [5, 5.41) is 20.5. The van der Waals surface area contributed by atoms with Crippen molar-refractivity contribution in [2.75, 3.05) is 18.5 Å². The summed E-state index contributed by atoms with van der Waals surface area (Å²) in [7, 11) is 0. The zero-order chi connectivity index (χ0) is 9.68. The molecule has 0 unspecified atom stereocenters.